The molecular formula is C12H24N2O3. The molecule has 17 heavy (non-hydrogen) atoms. The fraction of sp³-hybridized carbons (Fsp3) is 0.833. The maximum Gasteiger partial charge on any atom is 0.303 e. The molecule has 0 bridgehead atoms. The van der Waals surface area contributed by atoms with Crippen molar-refractivity contribution >= 4 is 11.9 Å². The lowest BCUT2D eigenvalue weighted by Crippen LogP contribution is -2.43. The van der Waals surface area contributed by atoms with E-state index in [9.17, 15) is 9.59 Å². The van der Waals surface area contributed by atoms with E-state index in [1.165, 1.54) is 0 Å². The Kier molecular flexibility index (Phi) is 8.40. The van der Waals surface area contributed by atoms with E-state index >= 15 is 0 Å². The highest BCUT2D eigenvalue weighted by molar-refractivity contribution is 5.79. The average Bonchev–Trinajstić information content (AvgIpc) is 2.23. The maximum absolute atomic E-state index is 11.1. The lowest BCUT2D eigenvalue weighted by molar-refractivity contribution is -0.138. The summed E-state index contributed by atoms with van der Waals surface area (Å²) in [5.74, 6) is -1.09. The van der Waals surface area contributed by atoms with Gasteiger partial charge in [0.25, 0.3) is 0 Å². The van der Waals surface area contributed by atoms with Gasteiger partial charge in [-0.3, -0.25) is 9.59 Å². The average molecular weight is 244 g/mol. The van der Waals surface area contributed by atoms with Crippen molar-refractivity contribution < 1.29 is 14.7 Å². The topological polar surface area (TPSA) is 92.4 Å². The second-order valence-electron chi connectivity index (χ2n) is 4.40. The van der Waals surface area contributed by atoms with E-state index in [0.29, 0.717) is 13.0 Å². The molecule has 5 heteroatoms. The number of amides is 1. The first kappa shape index (κ1) is 15.9. The van der Waals surface area contributed by atoms with Crippen molar-refractivity contribution in [3.8, 4) is 0 Å². The van der Waals surface area contributed by atoms with Gasteiger partial charge >= 0.3 is 5.97 Å². The van der Waals surface area contributed by atoms with Crippen LogP contribution in [0.25, 0.3) is 0 Å². The largest absolute Gasteiger partial charge is 0.481 e. The van der Waals surface area contributed by atoms with Gasteiger partial charge < -0.3 is 16.2 Å². The van der Waals surface area contributed by atoms with Crippen molar-refractivity contribution in [1.29, 1.82) is 0 Å². The van der Waals surface area contributed by atoms with Crippen molar-refractivity contribution in [2.75, 3.05) is 6.54 Å². The third kappa shape index (κ3) is 7.74. The van der Waals surface area contributed by atoms with E-state index in [-0.39, 0.29) is 24.3 Å². The molecule has 0 aromatic rings. The molecule has 4 N–H and O–H groups in total. The molecule has 5 nitrogen and oxygen atoms in total. The molecule has 0 aliphatic carbocycles. The van der Waals surface area contributed by atoms with Gasteiger partial charge in [-0.05, 0) is 25.3 Å². The number of carboxylic acid groups (broad SMARTS) is 1. The summed E-state index contributed by atoms with van der Waals surface area (Å²) in [6.45, 7) is 4.54. The molecule has 0 aromatic heterocycles. The number of rotatable bonds is 10. The predicted octanol–water partition coefficient (Wildman–Crippen LogP) is 1.12. The Morgan fingerprint density at radius 1 is 1.24 bits per heavy atom. The molecule has 0 aromatic carbocycles. The number of primary amides is 1. The lowest BCUT2D eigenvalue weighted by Gasteiger charge is -2.19. The number of hydrogen-bond acceptors (Lipinski definition) is 3. The maximum atomic E-state index is 11.1. The first-order chi connectivity index (χ1) is 8.01. The van der Waals surface area contributed by atoms with E-state index in [2.05, 4.69) is 5.32 Å². The summed E-state index contributed by atoms with van der Waals surface area (Å²) in [4.78, 5) is 21.8. The SMILES string of the molecule is CCCC(CN[C@@H](CCC)C(N)=O)CC(=O)O. The highest BCUT2D eigenvalue weighted by atomic mass is 16.4. The summed E-state index contributed by atoms with van der Waals surface area (Å²) in [6, 6.07) is -0.340. The highest BCUT2D eigenvalue weighted by Gasteiger charge is 2.17. The van der Waals surface area contributed by atoms with Crippen LogP contribution in [0.5, 0.6) is 0 Å². The van der Waals surface area contributed by atoms with Crippen LogP contribution in [0.2, 0.25) is 0 Å². The zero-order valence-corrected chi connectivity index (χ0v) is 10.7. The first-order valence-corrected chi connectivity index (χ1v) is 6.25. The Balaban J connectivity index is 4.15. The minimum atomic E-state index is -0.795. The van der Waals surface area contributed by atoms with Crippen molar-refractivity contribution in [2.24, 2.45) is 11.7 Å². The van der Waals surface area contributed by atoms with Gasteiger partial charge in [-0.25, -0.2) is 0 Å². The summed E-state index contributed by atoms with van der Waals surface area (Å²) in [5.41, 5.74) is 5.27. The normalized spacial score (nSPS) is 14.2. The number of carbonyl (C=O) groups excluding carboxylic acids is 1. The number of carbonyl (C=O) groups is 2. The molecule has 100 valence electrons. The third-order valence-corrected chi connectivity index (χ3v) is 2.73. The smallest absolute Gasteiger partial charge is 0.303 e. The molecular weight excluding hydrogens is 220 g/mol. The second kappa shape index (κ2) is 8.98. The minimum absolute atomic E-state index is 0.0659. The summed E-state index contributed by atoms with van der Waals surface area (Å²) < 4.78 is 0. The van der Waals surface area contributed by atoms with Crippen LogP contribution in [0.1, 0.15) is 46.0 Å². The molecule has 0 heterocycles. The van der Waals surface area contributed by atoms with Gasteiger partial charge in [-0.1, -0.05) is 26.7 Å². The molecule has 0 saturated heterocycles. The number of nitrogens with one attached hydrogen (secondary N) is 1. The van der Waals surface area contributed by atoms with Gasteiger partial charge in [-0.2, -0.15) is 0 Å². The van der Waals surface area contributed by atoms with Gasteiger partial charge in [0.15, 0.2) is 0 Å². The van der Waals surface area contributed by atoms with Crippen LogP contribution in [-0.2, 0) is 9.59 Å². The zero-order valence-electron chi connectivity index (χ0n) is 10.7. The quantitative estimate of drug-likeness (QED) is 0.537. The van der Waals surface area contributed by atoms with E-state index in [4.69, 9.17) is 10.8 Å². The predicted molar refractivity (Wildman–Crippen MR) is 66.5 cm³/mol. The highest BCUT2D eigenvalue weighted by Crippen LogP contribution is 2.11. The van der Waals surface area contributed by atoms with E-state index in [0.717, 1.165) is 19.3 Å². The van der Waals surface area contributed by atoms with Gasteiger partial charge in [0.1, 0.15) is 0 Å². The lowest BCUT2D eigenvalue weighted by atomic mass is 9.99. The standard InChI is InChI=1S/C12H24N2O3/c1-3-5-9(7-11(15)16)8-14-10(6-4-2)12(13)17/h9-10,14H,3-8H2,1-2H3,(H2,13,17)(H,15,16)/t9?,10-/m0/s1. The Labute approximate surface area is 103 Å². The number of hydrogen-bond donors (Lipinski definition) is 3. The van der Waals surface area contributed by atoms with E-state index in [1.807, 2.05) is 13.8 Å². The summed E-state index contributed by atoms with van der Waals surface area (Å²) in [5, 5.41) is 11.8. The van der Waals surface area contributed by atoms with Gasteiger partial charge in [0.2, 0.25) is 5.91 Å². The molecule has 0 saturated carbocycles. The Hall–Kier alpha value is -1.10. The van der Waals surface area contributed by atoms with Crippen LogP contribution in [0.4, 0.5) is 0 Å². The van der Waals surface area contributed by atoms with Crippen LogP contribution in [0, 0.1) is 5.92 Å². The zero-order chi connectivity index (χ0) is 13.3. The fourth-order valence-corrected chi connectivity index (χ4v) is 1.87. The Morgan fingerprint density at radius 2 is 1.82 bits per heavy atom. The van der Waals surface area contributed by atoms with Crippen molar-refractivity contribution in [2.45, 2.75) is 52.0 Å². The van der Waals surface area contributed by atoms with Gasteiger partial charge in [0, 0.05) is 6.42 Å². The molecule has 0 rings (SSSR count). The van der Waals surface area contributed by atoms with Gasteiger partial charge in [-0.15, -0.1) is 0 Å². The van der Waals surface area contributed by atoms with Crippen LogP contribution in [-0.4, -0.2) is 29.6 Å². The summed E-state index contributed by atoms with van der Waals surface area (Å²) in [6.07, 6.45) is 3.49. The van der Waals surface area contributed by atoms with Crippen molar-refractivity contribution in [3.63, 3.8) is 0 Å². The van der Waals surface area contributed by atoms with Crippen molar-refractivity contribution in [1.82, 2.24) is 5.32 Å². The fourth-order valence-electron chi connectivity index (χ4n) is 1.87. The molecule has 1 unspecified atom stereocenters. The Bertz CT molecular complexity index is 244. The number of nitrogens with two attached hydrogens (primary N) is 1. The molecule has 2 atom stereocenters. The van der Waals surface area contributed by atoms with Crippen LogP contribution >= 0.6 is 0 Å². The third-order valence-electron chi connectivity index (χ3n) is 2.73. The van der Waals surface area contributed by atoms with Crippen molar-refractivity contribution in [3.05, 3.63) is 0 Å². The second-order valence-corrected chi connectivity index (χ2v) is 4.40. The molecule has 0 aliphatic heterocycles. The summed E-state index contributed by atoms with van der Waals surface area (Å²) in [7, 11) is 0. The molecule has 0 fully saturated rings. The molecule has 0 aliphatic rings. The Morgan fingerprint density at radius 3 is 2.24 bits per heavy atom. The molecule has 0 spiro atoms. The monoisotopic (exact) mass is 244 g/mol. The van der Waals surface area contributed by atoms with Crippen LogP contribution < -0.4 is 11.1 Å². The number of aliphatic carboxylic acids is 1. The minimum Gasteiger partial charge on any atom is -0.481 e. The number of carboxylic acids is 1. The van der Waals surface area contributed by atoms with Gasteiger partial charge in [0.05, 0.1) is 6.04 Å². The van der Waals surface area contributed by atoms with Crippen LogP contribution in [0.15, 0.2) is 0 Å². The van der Waals surface area contributed by atoms with Crippen LogP contribution in [0.3, 0.4) is 0 Å². The van der Waals surface area contributed by atoms with E-state index in [1.54, 1.807) is 0 Å². The first-order valence-electron chi connectivity index (χ1n) is 6.25. The molecule has 1 amide bonds. The van der Waals surface area contributed by atoms with E-state index < -0.39 is 5.97 Å². The molecule has 0 radical (unpaired) electrons. The summed E-state index contributed by atoms with van der Waals surface area (Å²) >= 11 is 0.